The van der Waals surface area contributed by atoms with Gasteiger partial charge in [-0.1, -0.05) is 37.3 Å². The van der Waals surface area contributed by atoms with E-state index in [9.17, 15) is 4.79 Å². The standard InChI is InChI=1S/C15H20ClNO2/c1-19-15(18)13-9-8-11(16)10-14(13)17-12-6-4-2-3-5-7-12/h8-10,12,17H,2-7H2,1H3. The maximum absolute atomic E-state index is 11.7. The molecule has 0 bridgehead atoms. The third-order valence-electron chi connectivity index (χ3n) is 3.60. The molecule has 1 aliphatic rings. The number of anilines is 1. The summed E-state index contributed by atoms with van der Waals surface area (Å²) in [4.78, 5) is 11.7. The highest BCUT2D eigenvalue weighted by Crippen LogP contribution is 2.26. The van der Waals surface area contributed by atoms with Crippen molar-refractivity contribution in [1.82, 2.24) is 0 Å². The van der Waals surface area contributed by atoms with Crippen molar-refractivity contribution in [3.63, 3.8) is 0 Å². The minimum atomic E-state index is -0.326. The average Bonchev–Trinajstić information content (AvgIpc) is 2.67. The first-order chi connectivity index (χ1) is 9.20. The van der Waals surface area contributed by atoms with Crippen LogP contribution in [0.1, 0.15) is 48.9 Å². The Balaban J connectivity index is 2.17. The van der Waals surface area contributed by atoms with Crippen molar-refractivity contribution < 1.29 is 9.53 Å². The van der Waals surface area contributed by atoms with Gasteiger partial charge in [0.05, 0.1) is 18.4 Å². The summed E-state index contributed by atoms with van der Waals surface area (Å²) in [7, 11) is 1.40. The molecular weight excluding hydrogens is 262 g/mol. The van der Waals surface area contributed by atoms with E-state index in [-0.39, 0.29) is 5.97 Å². The number of carbonyl (C=O) groups excluding carboxylic acids is 1. The largest absolute Gasteiger partial charge is 0.465 e. The lowest BCUT2D eigenvalue weighted by Crippen LogP contribution is -2.20. The molecule has 1 fully saturated rings. The summed E-state index contributed by atoms with van der Waals surface area (Å²) in [6.07, 6.45) is 7.38. The van der Waals surface area contributed by atoms with E-state index in [2.05, 4.69) is 5.32 Å². The smallest absolute Gasteiger partial charge is 0.339 e. The molecule has 0 atom stereocenters. The van der Waals surface area contributed by atoms with Crippen LogP contribution in [0.3, 0.4) is 0 Å². The quantitative estimate of drug-likeness (QED) is 0.664. The van der Waals surface area contributed by atoms with Gasteiger partial charge in [0.1, 0.15) is 0 Å². The van der Waals surface area contributed by atoms with Crippen molar-refractivity contribution in [3.8, 4) is 0 Å². The summed E-state index contributed by atoms with van der Waals surface area (Å²) >= 11 is 6.02. The molecule has 1 aliphatic carbocycles. The number of hydrogen-bond acceptors (Lipinski definition) is 3. The third-order valence-corrected chi connectivity index (χ3v) is 3.84. The lowest BCUT2D eigenvalue weighted by atomic mass is 10.1. The summed E-state index contributed by atoms with van der Waals surface area (Å²) in [5.74, 6) is -0.326. The average molecular weight is 282 g/mol. The Morgan fingerprint density at radius 1 is 1.26 bits per heavy atom. The van der Waals surface area contributed by atoms with Crippen molar-refractivity contribution in [2.45, 2.75) is 44.6 Å². The Kier molecular flexibility index (Phi) is 5.08. The topological polar surface area (TPSA) is 38.3 Å². The van der Waals surface area contributed by atoms with E-state index < -0.39 is 0 Å². The van der Waals surface area contributed by atoms with E-state index in [4.69, 9.17) is 16.3 Å². The van der Waals surface area contributed by atoms with Crippen LogP contribution in [0.15, 0.2) is 18.2 Å². The van der Waals surface area contributed by atoms with Crippen LogP contribution in [-0.4, -0.2) is 19.1 Å². The molecule has 1 aromatic carbocycles. The van der Waals surface area contributed by atoms with Gasteiger partial charge in [0, 0.05) is 11.1 Å². The zero-order valence-electron chi connectivity index (χ0n) is 11.2. The van der Waals surface area contributed by atoms with E-state index in [0.717, 1.165) is 18.5 Å². The number of halogens is 1. The van der Waals surface area contributed by atoms with Crippen molar-refractivity contribution >= 4 is 23.3 Å². The summed E-state index contributed by atoms with van der Waals surface area (Å²) < 4.78 is 4.81. The second-order valence-corrected chi connectivity index (χ2v) is 5.45. The lowest BCUT2D eigenvalue weighted by molar-refractivity contribution is 0.0602. The number of ether oxygens (including phenoxy) is 1. The second-order valence-electron chi connectivity index (χ2n) is 5.01. The van der Waals surface area contributed by atoms with E-state index in [1.165, 1.54) is 32.8 Å². The zero-order valence-corrected chi connectivity index (χ0v) is 12.0. The highest BCUT2D eigenvalue weighted by molar-refractivity contribution is 6.31. The molecular formula is C15H20ClNO2. The van der Waals surface area contributed by atoms with Crippen LogP contribution in [0.5, 0.6) is 0 Å². The van der Waals surface area contributed by atoms with E-state index in [1.807, 2.05) is 0 Å². The number of carbonyl (C=O) groups is 1. The van der Waals surface area contributed by atoms with Crippen molar-refractivity contribution in [1.29, 1.82) is 0 Å². The summed E-state index contributed by atoms with van der Waals surface area (Å²) in [5, 5.41) is 4.09. The van der Waals surface area contributed by atoms with Crippen LogP contribution in [0, 0.1) is 0 Å². The molecule has 4 heteroatoms. The number of hydrogen-bond donors (Lipinski definition) is 1. The minimum absolute atomic E-state index is 0.326. The van der Waals surface area contributed by atoms with Crippen LogP contribution >= 0.6 is 11.6 Å². The van der Waals surface area contributed by atoms with Gasteiger partial charge in [-0.15, -0.1) is 0 Å². The normalized spacial score (nSPS) is 16.7. The number of methoxy groups -OCH3 is 1. The molecule has 0 aromatic heterocycles. The maximum atomic E-state index is 11.7. The number of benzene rings is 1. The van der Waals surface area contributed by atoms with E-state index in [0.29, 0.717) is 16.6 Å². The fourth-order valence-corrected chi connectivity index (χ4v) is 2.74. The molecule has 1 aromatic rings. The molecule has 1 N–H and O–H groups in total. The molecule has 0 heterocycles. The molecule has 19 heavy (non-hydrogen) atoms. The van der Waals surface area contributed by atoms with Gasteiger partial charge in [0.15, 0.2) is 0 Å². The SMILES string of the molecule is COC(=O)c1ccc(Cl)cc1NC1CCCCCC1. The van der Waals surface area contributed by atoms with Crippen molar-refractivity contribution in [3.05, 3.63) is 28.8 Å². The van der Waals surface area contributed by atoms with Crippen molar-refractivity contribution in [2.75, 3.05) is 12.4 Å². The van der Waals surface area contributed by atoms with Crippen LogP contribution < -0.4 is 5.32 Å². The summed E-state index contributed by atoms with van der Waals surface area (Å²) in [5.41, 5.74) is 1.34. The van der Waals surface area contributed by atoms with Crippen molar-refractivity contribution in [2.24, 2.45) is 0 Å². The Labute approximate surface area is 119 Å². The van der Waals surface area contributed by atoms with Gasteiger partial charge in [-0.25, -0.2) is 4.79 Å². The van der Waals surface area contributed by atoms with E-state index >= 15 is 0 Å². The number of nitrogens with one attached hydrogen (secondary N) is 1. The summed E-state index contributed by atoms with van der Waals surface area (Å²) in [6, 6.07) is 5.65. The Morgan fingerprint density at radius 3 is 2.58 bits per heavy atom. The number of esters is 1. The molecule has 1 saturated carbocycles. The molecule has 104 valence electrons. The van der Waals surface area contributed by atoms with Crippen LogP contribution in [0.4, 0.5) is 5.69 Å². The highest BCUT2D eigenvalue weighted by Gasteiger charge is 2.17. The van der Waals surface area contributed by atoms with Gasteiger partial charge >= 0.3 is 5.97 Å². The van der Waals surface area contributed by atoms with Gasteiger partial charge in [-0.3, -0.25) is 0 Å². The molecule has 0 spiro atoms. The molecule has 0 saturated heterocycles. The van der Waals surface area contributed by atoms with E-state index in [1.54, 1.807) is 18.2 Å². The Morgan fingerprint density at radius 2 is 1.95 bits per heavy atom. The first-order valence-corrected chi connectivity index (χ1v) is 7.23. The molecule has 3 nitrogen and oxygen atoms in total. The monoisotopic (exact) mass is 281 g/mol. The Bertz CT molecular complexity index is 440. The molecule has 0 unspecified atom stereocenters. The molecule has 0 aliphatic heterocycles. The van der Waals surface area contributed by atoms with Gasteiger partial charge in [0.2, 0.25) is 0 Å². The number of rotatable bonds is 3. The second kappa shape index (κ2) is 6.80. The van der Waals surface area contributed by atoms with Crippen LogP contribution in [-0.2, 0) is 4.74 Å². The molecule has 2 rings (SSSR count). The van der Waals surface area contributed by atoms with Crippen LogP contribution in [0.2, 0.25) is 5.02 Å². The molecule has 0 amide bonds. The zero-order chi connectivity index (χ0) is 13.7. The first-order valence-electron chi connectivity index (χ1n) is 6.85. The van der Waals surface area contributed by atoms with Crippen LogP contribution in [0.25, 0.3) is 0 Å². The fraction of sp³-hybridized carbons (Fsp3) is 0.533. The lowest BCUT2D eigenvalue weighted by Gasteiger charge is -2.19. The third kappa shape index (κ3) is 3.87. The highest BCUT2D eigenvalue weighted by atomic mass is 35.5. The van der Waals surface area contributed by atoms with Gasteiger partial charge in [-0.05, 0) is 31.0 Å². The first kappa shape index (κ1) is 14.2. The van der Waals surface area contributed by atoms with Gasteiger partial charge in [-0.2, -0.15) is 0 Å². The fourth-order valence-electron chi connectivity index (χ4n) is 2.57. The minimum Gasteiger partial charge on any atom is -0.465 e. The van der Waals surface area contributed by atoms with Gasteiger partial charge < -0.3 is 10.1 Å². The Hall–Kier alpha value is -1.22. The molecule has 0 radical (unpaired) electrons. The predicted molar refractivity (Wildman–Crippen MR) is 77.9 cm³/mol. The predicted octanol–water partition coefficient (Wildman–Crippen LogP) is 4.26. The summed E-state index contributed by atoms with van der Waals surface area (Å²) in [6.45, 7) is 0. The van der Waals surface area contributed by atoms with Gasteiger partial charge in [0.25, 0.3) is 0 Å². The maximum Gasteiger partial charge on any atom is 0.339 e.